The third kappa shape index (κ3) is 3.00. The number of hydrogen-bond acceptors (Lipinski definition) is 2. The fourth-order valence-electron chi connectivity index (χ4n) is 1.51. The van der Waals surface area contributed by atoms with Crippen LogP contribution in [0.3, 0.4) is 0 Å². The number of nitrogens with one attached hydrogen (secondary N) is 1. The van der Waals surface area contributed by atoms with Gasteiger partial charge >= 0.3 is 6.09 Å². The molecule has 2 N–H and O–H groups in total. The Labute approximate surface area is 117 Å². The quantitative estimate of drug-likeness (QED) is 0.866. The van der Waals surface area contributed by atoms with Crippen LogP contribution in [-0.4, -0.2) is 16.2 Å². The van der Waals surface area contributed by atoms with Crippen LogP contribution in [0.15, 0.2) is 41.1 Å². The van der Waals surface area contributed by atoms with Crippen LogP contribution in [0.4, 0.5) is 10.5 Å². The second-order valence-electron chi connectivity index (χ2n) is 3.52. The van der Waals surface area contributed by atoms with Crippen LogP contribution in [0.1, 0.15) is 0 Å². The van der Waals surface area contributed by atoms with E-state index in [0.717, 1.165) is 15.6 Å². The second kappa shape index (κ2) is 5.37. The van der Waals surface area contributed by atoms with Crippen molar-refractivity contribution in [2.24, 2.45) is 0 Å². The van der Waals surface area contributed by atoms with Gasteiger partial charge in [0.25, 0.3) is 0 Å². The summed E-state index contributed by atoms with van der Waals surface area (Å²) in [6.07, 6.45) is 2.25. The van der Waals surface area contributed by atoms with Crippen molar-refractivity contribution in [2.75, 3.05) is 5.32 Å². The highest BCUT2D eigenvalue weighted by Crippen LogP contribution is 2.31. The summed E-state index contributed by atoms with van der Waals surface area (Å²) < 4.78 is 0.851. The van der Waals surface area contributed by atoms with Gasteiger partial charge in [-0.1, -0.05) is 17.7 Å². The number of hydrogen-bond donors (Lipinski definition) is 2. The highest BCUT2D eigenvalue weighted by molar-refractivity contribution is 9.10. The minimum absolute atomic E-state index is 0.430. The number of pyridine rings is 1. The number of carbonyl (C=O) groups is 1. The Morgan fingerprint density at radius 3 is 2.72 bits per heavy atom. The van der Waals surface area contributed by atoms with Crippen molar-refractivity contribution in [3.05, 3.63) is 46.2 Å². The normalized spacial score (nSPS) is 10.1. The molecule has 92 valence electrons. The Kier molecular flexibility index (Phi) is 3.84. The molecule has 2 aromatic rings. The highest BCUT2D eigenvalue weighted by Gasteiger charge is 2.06. The SMILES string of the molecule is O=C(O)Nc1ccc(-c2cncc(Br)c2)c(Cl)c1. The minimum Gasteiger partial charge on any atom is -0.465 e. The molecular weight excluding hydrogens is 320 g/mol. The van der Waals surface area contributed by atoms with Crippen LogP contribution in [-0.2, 0) is 0 Å². The molecule has 0 bridgehead atoms. The Balaban J connectivity index is 2.38. The van der Waals surface area contributed by atoms with E-state index in [4.69, 9.17) is 16.7 Å². The van der Waals surface area contributed by atoms with Gasteiger partial charge in [0.1, 0.15) is 0 Å². The molecule has 18 heavy (non-hydrogen) atoms. The molecule has 1 amide bonds. The Bertz CT molecular complexity index is 604. The zero-order valence-corrected chi connectivity index (χ0v) is 11.4. The first-order valence-electron chi connectivity index (χ1n) is 4.96. The third-order valence-corrected chi connectivity index (χ3v) is 2.98. The number of halogens is 2. The van der Waals surface area contributed by atoms with Crippen molar-refractivity contribution in [2.45, 2.75) is 0 Å². The Hall–Kier alpha value is -1.59. The third-order valence-electron chi connectivity index (χ3n) is 2.24. The summed E-state index contributed by atoms with van der Waals surface area (Å²) in [6.45, 7) is 0. The molecule has 1 heterocycles. The molecule has 4 nitrogen and oxygen atoms in total. The van der Waals surface area contributed by atoms with Crippen LogP contribution in [0.25, 0.3) is 11.1 Å². The number of amides is 1. The first-order valence-corrected chi connectivity index (χ1v) is 6.14. The van der Waals surface area contributed by atoms with E-state index in [-0.39, 0.29) is 0 Å². The molecule has 0 aliphatic rings. The number of aromatic nitrogens is 1. The first-order chi connectivity index (χ1) is 8.56. The van der Waals surface area contributed by atoms with Gasteiger partial charge in [-0.25, -0.2) is 4.79 Å². The van der Waals surface area contributed by atoms with Gasteiger partial charge in [-0.3, -0.25) is 10.3 Å². The van der Waals surface area contributed by atoms with Crippen molar-refractivity contribution < 1.29 is 9.90 Å². The maximum absolute atomic E-state index is 10.5. The van der Waals surface area contributed by atoms with Crippen LogP contribution in [0, 0.1) is 0 Å². The minimum atomic E-state index is -1.12. The molecule has 0 aliphatic carbocycles. The van der Waals surface area contributed by atoms with Crippen molar-refractivity contribution in [3.63, 3.8) is 0 Å². The zero-order valence-electron chi connectivity index (χ0n) is 9.02. The van der Waals surface area contributed by atoms with Gasteiger partial charge in [-0.15, -0.1) is 0 Å². The number of benzene rings is 1. The summed E-state index contributed by atoms with van der Waals surface area (Å²) in [6, 6.07) is 6.84. The molecule has 0 atom stereocenters. The zero-order chi connectivity index (χ0) is 13.1. The maximum Gasteiger partial charge on any atom is 0.409 e. The molecule has 0 saturated heterocycles. The topological polar surface area (TPSA) is 62.2 Å². The molecular formula is C12H8BrClN2O2. The van der Waals surface area contributed by atoms with Crippen LogP contribution in [0.5, 0.6) is 0 Å². The maximum atomic E-state index is 10.5. The number of anilines is 1. The first kappa shape index (κ1) is 12.9. The second-order valence-corrected chi connectivity index (χ2v) is 4.84. The summed E-state index contributed by atoms with van der Waals surface area (Å²) in [5.74, 6) is 0. The molecule has 0 aliphatic heterocycles. The fraction of sp³-hybridized carbons (Fsp3) is 0. The smallest absolute Gasteiger partial charge is 0.409 e. The Morgan fingerprint density at radius 1 is 1.33 bits per heavy atom. The van der Waals surface area contributed by atoms with E-state index in [1.807, 2.05) is 6.07 Å². The molecule has 0 saturated carbocycles. The predicted molar refractivity (Wildman–Crippen MR) is 74.0 cm³/mol. The van der Waals surface area contributed by atoms with E-state index >= 15 is 0 Å². The fourth-order valence-corrected chi connectivity index (χ4v) is 2.16. The van der Waals surface area contributed by atoms with Crippen molar-refractivity contribution in [1.29, 1.82) is 0 Å². The summed E-state index contributed by atoms with van der Waals surface area (Å²) in [4.78, 5) is 14.6. The summed E-state index contributed by atoms with van der Waals surface area (Å²) in [5, 5.41) is 11.3. The average molecular weight is 328 g/mol. The predicted octanol–water partition coefficient (Wildman–Crippen LogP) is 4.25. The molecule has 0 unspecified atom stereocenters. The van der Waals surface area contributed by atoms with Crippen molar-refractivity contribution in [3.8, 4) is 11.1 Å². The van der Waals surface area contributed by atoms with E-state index < -0.39 is 6.09 Å². The largest absolute Gasteiger partial charge is 0.465 e. The van der Waals surface area contributed by atoms with Gasteiger partial charge < -0.3 is 5.11 Å². The summed E-state index contributed by atoms with van der Waals surface area (Å²) >= 11 is 9.46. The molecule has 2 rings (SSSR count). The van der Waals surface area contributed by atoms with Crippen molar-refractivity contribution >= 4 is 39.3 Å². The highest BCUT2D eigenvalue weighted by atomic mass is 79.9. The lowest BCUT2D eigenvalue weighted by molar-refractivity contribution is 0.210. The van der Waals surface area contributed by atoms with Crippen LogP contribution < -0.4 is 5.32 Å². The lowest BCUT2D eigenvalue weighted by atomic mass is 10.1. The molecule has 0 spiro atoms. The molecule has 1 aromatic carbocycles. The Morgan fingerprint density at radius 2 is 2.11 bits per heavy atom. The van der Waals surface area contributed by atoms with E-state index in [2.05, 4.69) is 26.2 Å². The van der Waals surface area contributed by atoms with Crippen LogP contribution >= 0.6 is 27.5 Å². The van der Waals surface area contributed by atoms with Gasteiger partial charge in [-0.2, -0.15) is 0 Å². The lowest BCUT2D eigenvalue weighted by Gasteiger charge is -2.07. The summed E-state index contributed by atoms with van der Waals surface area (Å²) in [7, 11) is 0. The van der Waals surface area contributed by atoms with Gasteiger partial charge in [0.05, 0.1) is 5.02 Å². The molecule has 6 heteroatoms. The average Bonchev–Trinajstić information content (AvgIpc) is 2.28. The molecule has 0 fully saturated rings. The van der Waals surface area contributed by atoms with E-state index in [9.17, 15) is 4.79 Å². The molecule has 0 radical (unpaired) electrons. The molecule has 1 aromatic heterocycles. The van der Waals surface area contributed by atoms with E-state index in [1.165, 1.54) is 0 Å². The monoisotopic (exact) mass is 326 g/mol. The number of nitrogens with zero attached hydrogens (tertiary/aromatic N) is 1. The van der Waals surface area contributed by atoms with Crippen LogP contribution in [0.2, 0.25) is 5.02 Å². The standard InChI is InChI=1S/C12H8BrClN2O2/c13-8-3-7(5-15-6-8)10-2-1-9(4-11(10)14)16-12(17)18/h1-6,16H,(H,17,18). The van der Waals surface area contributed by atoms with E-state index in [1.54, 1.807) is 30.6 Å². The van der Waals surface area contributed by atoms with E-state index in [0.29, 0.717) is 10.7 Å². The number of carboxylic acid groups (broad SMARTS) is 1. The number of rotatable bonds is 2. The van der Waals surface area contributed by atoms with Gasteiger partial charge in [0, 0.05) is 33.7 Å². The van der Waals surface area contributed by atoms with Crippen molar-refractivity contribution in [1.82, 2.24) is 4.98 Å². The van der Waals surface area contributed by atoms with Gasteiger partial charge in [-0.05, 0) is 34.1 Å². The van der Waals surface area contributed by atoms with Gasteiger partial charge in [0.2, 0.25) is 0 Å². The van der Waals surface area contributed by atoms with Gasteiger partial charge in [0.15, 0.2) is 0 Å². The lowest BCUT2D eigenvalue weighted by Crippen LogP contribution is -2.06. The summed E-state index contributed by atoms with van der Waals surface area (Å²) in [5.41, 5.74) is 2.08.